The number of rotatable bonds is 10. The lowest BCUT2D eigenvalue weighted by atomic mass is 9.95. The van der Waals surface area contributed by atoms with E-state index in [4.69, 9.17) is 23.7 Å². The molecule has 202 valence electrons. The Labute approximate surface area is 219 Å². The maximum absolute atomic E-state index is 13.3. The summed E-state index contributed by atoms with van der Waals surface area (Å²) < 4.78 is 27.6. The van der Waals surface area contributed by atoms with Crippen molar-refractivity contribution in [1.29, 1.82) is 0 Å². The number of ether oxygens (including phenoxy) is 5. The first-order valence-corrected chi connectivity index (χ1v) is 12.3. The van der Waals surface area contributed by atoms with Crippen LogP contribution >= 0.6 is 0 Å². The smallest absolute Gasteiger partial charge is 0.411 e. The van der Waals surface area contributed by atoms with Gasteiger partial charge in [-0.25, -0.2) is 9.59 Å². The minimum absolute atomic E-state index is 0.0288. The summed E-state index contributed by atoms with van der Waals surface area (Å²) in [5.74, 6) is 0.811. The fourth-order valence-corrected chi connectivity index (χ4v) is 4.40. The van der Waals surface area contributed by atoms with Crippen LogP contribution in [0.15, 0.2) is 48.5 Å². The van der Waals surface area contributed by atoms with Crippen molar-refractivity contribution in [2.45, 2.75) is 57.5 Å². The molecule has 9 nitrogen and oxygen atoms in total. The van der Waals surface area contributed by atoms with E-state index in [1.807, 2.05) is 42.5 Å². The monoisotopic (exact) mass is 514 g/mol. The first-order valence-electron chi connectivity index (χ1n) is 12.3. The van der Waals surface area contributed by atoms with E-state index in [2.05, 4.69) is 5.32 Å². The Morgan fingerprint density at radius 2 is 1.65 bits per heavy atom. The normalized spacial score (nSPS) is 19.4. The molecule has 2 aromatic carbocycles. The Bertz CT molecular complexity index is 1030. The van der Waals surface area contributed by atoms with Crippen LogP contribution < -0.4 is 14.8 Å². The summed E-state index contributed by atoms with van der Waals surface area (Å²) in [6.07, 6.45) is -0.289. The second-order valence-electron chi connectivity index (χ2n) is 10.1. The maximum atomic E-state index is 13.3. The number of nitrogens with zero attached hydrogens (tertiary/aromatic N) is 1. The van der Waals surface area contributed by atoms with E-state index in [9.17, 15) is 9.59 Å². The minimum Gasteiger partial charge on any atom is -0.497 e. The highest BCUT2D eigenvalue weighted by Gasteiger charge is 2.55. The Kier molecular flexibility index (Phi) is 9.39. The van der Waals surface area contributed by atoms with Gasteiger partial charge in [-0.15, -0.1) is 0 Å². The Morgan fingerprint density at radius 3 is 2.22 bits per heavy atom. The topological polar surface area (TPSA) is 95.6 Å². The summed E-state index contributed by atoms with van der Waals surface area (Å²) in [6.45, 7) is 6.36. The maximum Gasteiger partial charge on any atom is 0.411 e. The van der Waals surface area contributed by atoms with Gasteiger partial charge < -0.3 is 29.0 Å². The van der Waals surface area contributed by atoms with Gasteiger partial charge >= 0.3 is 12.1 Å². The van der Waals surface area contributed by atoms with Gasteiger partial charge in [-0.1, -0.05) is 30.3 Å². The fraction of sp³-hybridized carbons (Fsp3) is 0.500. The van der Waals surface area contributed by atoms with Crippen molar-refractivity contribution in [3.05, 3.63) is 59.7 Å². The lowest BCUT2D eigenvalue weighted by Gasteiger charge is -2.36. The van der Waals surface area contributed by atoms with E-state index in [-0.39, 0.29) is 19.2 Å². The highest BCUT2D eigenvalue weighted by molar-refractivity contribution is 5.87. The number of hydrogen-bond acceptors (Lipinski definition) is 8. The van der Waals surface area contributed by atoms with Crippen molar-refractivity contribution in [3.8, 4) is 11.5 Å². The fourth-order valence-electron chi connectivity index (χ4n) is 4.40. The molecule has 0 spiro atoms. The average Bonchev–Trinajstić information content (AvgIpc) is 3.26. The van der Waals surface area contributed by atoms with E-state index in [0.29, 0.717) is 31.1 Å². The van der Waals surface area contributed by atoms with Crippen molar-refractivity contribution in [2.75, 3.05) is 34.5 Å². The number of hydrogen-bond donors (Lipinski definition) is 1. The van der Waals surface area contributed by atoms with Crippen molar-refractivity contribution in [2.24, 2.45) is 0 Å². The highest BCUT2D eigenvalue weighted by Crippen LogP contribution is 2.34. The van der Waals surface area contributed by atoms with E-state index in [0.717, 1.165) is 11.1 Å². The van der Waals surface area contributed by atoms with Gasteiger partial charge in [0.25, 0.3) is 0 Å². The second-order valence-corrected chi connectivity index (χ2v) is 10.1. The molecule has 1 N–H and O–H groups in total. The predicted octanol–water partition coefficient (Wildman–Crippen LogP) is 3.93. The SMILES string of the molecule is COC(=O)C1(COCc2ccccc2)C[C@H](NCc2cc(OC)cc(OC)c2)CN1C(=O)OC(C)(C)C. The number of amides is 1. The van der Waals surface area contributed by atoms with E-state index in [1.165, 1.54) is 12.0 Å². The quantitative estimate of drug-likeness (QED) is 0.477. The van der Waals surface area contributed by atoms with Gasteiger partial charge in [0.05, 0.1) is 34.5 Å². The zero-order valence-corrected chi connectivity index (χ0v) is 22.5. The lowest BCUT2D eigenvalue weighted by molar-refractivity contribution is -0.157. The molecule has 0 radical (unpaired) electrons. The van der Waals surface area contributed by atoms with Crippen molar-refractivity contribution < 1.29 is 33.3 Å². The van der Waals surface area contributed by atoms with Crippen LogP contribution in [0.2, 0.25) is 0 Å². The molecule has 9 heteroatoms. The number of esters is 1. The molecule has 2 atom stereocenters. The van der Waals surface area contributed by atoms with Gasteiger partial charge in [-0.3, -0.25) is 4.90 Å². The van der Waals surface area contributed by atoms with Crippen LogP contribution in [0.5, 0.6) is 11.5 Å². The second kappa shape index (κ2) is 12.3. The van der Waals surface area contributed by atoms with Crippen molar-refractivity contribution in [1.82, 2.24) is 10.2 Å². The van der Waals surface area contributed by atoms with Crippen LogP contribution in [-0.2, 0) is 32.2 Å². The standard InChI is InChI=1S/C28H38N2O7/c1-27(2,3)37-26(32)30-17-22(29-16-21-12-23(33-4)14-24(13-21)34-5)15-28(30,25(31)35-6)19-36-18-20-10-8-7-9-11-20/h7-14,22,29H,15-19H2,1-6H3/t22-,28?/m0/s1. The summed E-state index contributed by atoms with van der Waals surface area (Å²) in [7, 11) is 4.52. The largest absolute Gasteiger partial charge is 0.497 e. The zero-order valence-electron chi connectivity index (χ0n) is 22.5. The van der Waals surface area contributed by atoms with Gasteiger partial charge in [0.1, 0.15) is 17.1 Å². The third-order valence-electron chi connectivity index (χ3n) is 6.14. The molecule has 1 heterocycles. The van der Waals surface area contributed by atoms with E-state index >= 15 is 0 Å². The third kappa shape index (κ3) is 7.36. The first-order chi connectivity index (χ1) is 17.6. The summed E-state index contributed by atoms with van der Waals surface area (Å²) in [5.41, 5.74) is -0.163. The molecule has 1 unspecified atom stereocenters. The molecule has 0 aliphatic carbocycles. The zero-order chi connectivity index (χ0) is 27.1. The van der Waals surface area contributed by atoms with Crippen LogP contribution in [0, 0.1) is 0 Å². The molecule has 0 aromatic heterocycles. The Morgan fingerprint density at radius 1 is 1.00 bits per heavy atom. The van der Waals surface area contributed by atoms with Gasteiger partial charge in [-0.2, -0.15) is 0 Å². The van der Waals surface area contributed by atoms with E-state index < -0.39 is 23.2 Å². The molecule has 0 bridgehead atoms. The molecule has 2 aromatic rings. The molecule has 1 fully saturated rings. The third-order valence-corrected chi connectivity index (χ3v) is 6.14. The molecule has 0 saturated carbocycles. The molecule has 3 rings (SSSR count). The van der Waals surface area contributed by atoms with Crippen molar-refractivity contribution in [3.63, 3.8) is 0 Å². The number of carbonyl (C=O) groups excluding carboxylic acids is 2. The van der Waals surface area contributed by atoms with Crippen LogP contribution in [0.25, 0.3) is 0 Å². The summed E-state index contributed by atoms with van der Waals surface area (Å²) in [4.78, 5) is 28.0. The number of likely N-dealkylation sites (tertiary alicyclic amines) is 1. The van der Waals surface area contributed by atoms with Gasteiger partial charge in [0.15, 0.2) is 5.54 Å². The first kappa shape index (κ1) is 28.3. The van der Waals surface area contributed by atoms with E-state index in [1.54, 1.807) is 41.1 Å². The van der Waals surface area contributed by atoms with Crippen LogP contribution in [0.3, 0.4) is 0 Å². The highest BCUT2D eigenvalue weighted by atomic mass is 16.6. The summed E-state index contributed by atoms with van der Waals surface area (Å²) in [6, 6.07) is 15.1. The number of methoxy groups -OCH3 is 3. The molecular formula is C28H38N2O7. The molecule has 37 heavy (non-hydrogen) atoms. The molecule has 1 aliphatic heterocycles. The van der Waals surface area contributed by atoms with Gasteiger partial charge in [-0.05, 0) is 44.0 Å². The average molecular weight is 515 g/mol. The van der Waals surface area contributed by atoms with Crippen LogP contribution in [0.4, 0.5) is 4.79 Å². The minimum atomic E-state index is -1.34. The molecule has 1 saturated heterocycles. The summed E-state index contributed by atoms with van der Waals surface area (Å²) >= 11 is 0. The number of carbonyl (C=O) groups is 2. The Hall–Kier alpha value is -3.30. The lowest BCUT2D eigenvalue weighted by Crippen LogP contribution is -2.57. The molecular weight excluding hydrogens is 476 g/mol. The van der Waals surface area contributed by atoms with Gasteiger partial charge in [0, 0.05) is 31.6 Å². The van der Waals surface area contributed by atoms with Crippen LogP contribution in [0.1, 0.15) is 38.3 Å². The number of benzene rings is 2. The van der Waals surface area contributed by atoms with Gasteiger partial charge in [0.2, 0.25) is 0 Å². The summed E-state index contributed by atoms with van der Waals surface area (Å²) in [5, 5.41) is 3.47. The Balaban J connectivity index is 1.82. The predicted molar refractivity (Wildman–Crippen MR) is 139 cm³/mol. The van der Waals surface area contributed by atoms with Crippen LogP contribution in [-0.4, -0.2) is 68.6 Å². The molecule has 1 amide bonds. The number of nitrogens with one attached hydrogen (secondary N) is 1. The van der Waals surface area contributed by atoms with Crippen molar-refractivity contribution >= 4 is 12.1 Å². The molecule has 1 aliphatic rings.